The number of amides is 2. The fraction of sp³-hybridized carbons (Fsp3) is 0.100. The van der Waals surface area contributed by atoms with Crippen LogP contribution in [0.15, 0.2) is 68.7 Å². The molecule has 1 aliphatic heterocycles. The second-order valence-corrected chi connectivity index (χ2v) is 6.90. The van der Waals surface area contributed by atoms with Crippen molar-refractivity contribution in [2.45, 2.75) is 13.8 Å². The molecule has 2 aromatic carbocycles. The zero-order valence-electron chi connectivity index (χ0n) is 15.6. The van der Waals surface area contributed by atoms with Crippen molar-refractivity contribution in [1.29, 1.82) is 0 Å². The van der Waals surface area contributed by atoms with Crippen molar-refractivity contribution in [1.82, 2.24) is 5.32 Å². The number of azo groups is 1. The summed E-state index contributed by atoms with van der Waals surface area (Å²) in [5, 5.41) is 11.0. The second-order valence-electron chi connectivity index (χ2n) is 5.87. The van der Waals surface area contributed by atoms with Gasteiger partial charge in [0.1, 0.15) is 5.75 Å². The number of hydrogen-bond acceptors (Lipinski definition) is 7. The Kier molecular flexibility index (Phi) is 6.30. The zero-order chi connectivity index (χ0) is 20.8. The summed E-state index contributed by atoms with van der Waals surface area (Å²) in [6, 6.07) is 14.1. The molecule has 2 amide bonds. The maximum atomic E-state index is 12.1. The standard InChI is InChI=1S/C20H16N4O4S/c1-12(25)21-20-22-19(27)18(29-20)11-14-10-16(8-9-17(14)28-13(2)26)24-23-15-6-4-3-5-7-15/h3-11H,1-2H3,(H,21,22,25,27)/b18-11-,24-23?. The fourth-order valence-electron chi connectivity index (χ4n) is 2.32. The van der Waals surface area contributed by atoms with Gasteiger partial charge < -0.3 is 10.1 Å². The number of esters is 1. The van der Waals surface area contributed by atoms with Crippen LogP contribution in [0.4, 0.5) is 11.4 Å². The summed E-state index contributed by atoms with van der Waals surface area (Å²) < 4.78 is 5.22. The van der Waals surface area contributed by atoms with Gasteiger partial charge in [0, 0.05) is 19.4 Å². The molecule has 0 aromatic heterocycles. The second kappa shape index (κ2) is 9.07. The van der Waals surface area contributed by atoms with Gasteiger partial charge in [-0.25, -0.2) is 0 Å². The maximum absolute atomic E-state index is 12.1. The molecule has 0 fully saturated rings. The van der Waals surface area contributed by atoms with E-state index in [0.717, 1.165) is 11.8 Å². The number of nitrogens with zero attached hydrogens (tertiary/aromatic N) is 3. The average Bonchev–Trinajstić information content (AvgIpc) is 3.00. The minimum Gasteiger partial charge on any atom is -0.426 e. The first-order valence-corrected chi connectivity index (χ1v) is 9.32. The molecule has 0 atom stereocenters. The van der Waals surface area contributed by atoms with Crippen molar-refractivity contribution in [2.75, 3.05) is 0 Å². The van der Waals surface area contributed by atoms with Gasteiger partial charge in [-0.15, -0.1) is 0 Å². The van der Waals surface area contributed by atoms with Crippen LogP contribution in [0, 0.1) is 0 Å². The van der Waals surface area contributed by atoms with Gasteiger partial charge in [-0.05, 0) is 48.2 Å². The highest BCUT2D eigenvalue weighted by Gasteiger charge is 2.23. The molecule has 146 valence electrons. The molecule has 0 saturated carbocycles. The summed E-state index contributed by atoms with van der Waals surface area (Å²) >= 11 is 1.02. The Labute approximate surface area is 170 Å². The lowest BCUT2D eigenvalue weighted by Gasteiger charge is -2.07. The van der Waals surface area contributed by atoms with Crippen molar-refractivity contribution in [3.8, 4) is 5.75 Å². The van der Waals surface area contributed by atoms with E-state index in [4.69, 9.17) is 4.74 Å². The number of ether oxygens (including phenoxy) is 1. The van der Waals surface area contributed by atoms with E-state index in [-0.39, 0.29) is 21.7 Å². The highest BCUT2D eigenvalue weighted by atomic mass is 32.2. The fourth-order valence-corrected chi connectivity index (χ4v) is 3.17. The van der Waals surface area contributed by atoms with E-state index in [9.17, 15) is 14.4 Å². The molecule has 0 saturated heterocycles. The van der Waals surface area contributed by atoms with Crippen LogP contribution < -0.4 is 10.1 Å². The number of aliphatic imine (C=N–C) groups is 1. The van der Waals surface area contributed by atoms with Crippen molar-refractivity contribution in [2.24, 2.45) is 15.2 Å². The van der Waals surface area contributed by atoms with Crippen molar-refractivity contribution in [3.05, 3.63) is 59.0 Å². The minimum absolute atomic E-state index is 0.197. The van der Waals surface area contributed by atoms with E-state index in [1.54, 1.807) is 18.2 Å². The van der Waals surface area contributed by atoms with Crippen LogP contribution in [0.5, 0.6) is 5.75 Å². The lowest BCUT2D eigenvalue weighted by atomic mass is 10.1. The van der Waals surface area contributed by atoms with E-state index < -0.39 is 11.9 Å². The molecular formula is C20H16N4O4S. The van der Waals surface area contributed by atoms with Crippen LogP contribution in [0.1, 0.15) is 19.4 Å². The van der Waals surface area contributed by atoms with Crippen LogP contribution in [-0.4, -0.2) is 23.0 Å². The van der Waals surface area contributed by atoms with Crippen LogP contribution in [-0.2, 0) is 14.4 Å². The molecule has 1 heterocycles. The number of thioether (sulfide) groups is 1. The highest BCUT2D eigenvalue weighted by molar-refractivity contribution is 8.18. The molecule has 0 spiro atoms. The van der Waals surface area contributed by atoms with Gasteiger partial charge in [-0.3, -0.25) is 14.4 Å². The highest BCUT2D eigenvalue weighted by Crippen LogP contribution is 2.33. The average molecular weight is 408 g/mol. The Morgan fingerprint density at radius 2 is 1.79 bits per heavy atom. The molecule has 0 bridgehead atoms. The molecule has 8 nitrogen and oxygen atoms in total. The van der Waals surface area contributed by atoms with E-state index in [1.165, 1.54) is 19.9 Å². The Balaban J connectivity index is 1.91. The first kappa shape index (κ1) is 20.2. The number of rotatable bonds is 4. The molecule has 0 aliphatic carbocycles. The van der Waals surface area contributed by atoms with Crippen molar-refractivity contribution < 1.29 is 19.1 Å². The quantitative estimate of drug-likeness (QED) is 0.354. The van der Waals surface area contributed by atoms with Crippen molar-refractivity contribution in [3.63, 3.8) is 0 Å². The largest absolute Gasteiger partial charge is 0.426 e. The molecule has 3 rings (SSSR count). The third-order valence-electron chi connectivity index (χ3n) is 3.47. The Hall–Kier alpha value is -3.59. The number of carbonyl (C=O) groups is 3. The van der Waals surface area contributed by atoms with Gasteiger partial charge >= 0.3 is 5.97 Å². The molecule has 0 unspecified atom stereocenters. The van der Waals surface area contributed by atoms with Crippen LogP contribution in [0.25, 0.3) is 6.08 Å². The molecule has 0 radical (unpaired) electrons. The predicted octanol–water partition coefficient (Wildman–Crippen LogP) is 4.13. The van der Waals surface area contributed by atoms with Gasteiger partial charge in [0.25, 0.3) is 5.91 Å². The summed E-state index contributed by atoms with van der Waals surface area (Å²) in [5.41, 5.74) is 1.65. The van der Waals surface area contributed by atoms with Crippen LogP contribution in [0.2, 0.25) is 0 Å². The monoisotopic (exact) mass is 408 g/mol. The summed E-state index contributed by atoms with van der Waals surface area (Å²) in [4.78, 5) is 38.8. The zero-order valence-corrected chi connectivity index (χ0v) is 16.4. The molecule has 9 heteroatoms. The smallest absolute Gasteiger partial charge is 0.308 e. The summed E-state index contributed by atoms with van der Waals surface area (Å²) in [6.07, 6.45) is 1.53. The summed E-state index contributed by atoms with van der Waals surface area (Å²) in [7, 11) is 0. The van der Waals surface area contributed by atoms with Gasteiger partial charge in [0.15, 0.2) is 5.17 Å². The van der Waals surface area contributed by atoms with Gasteiger partial charge in [-0.2, -0.15) is 15.2 Å². The van der Waals surface area contributed by atoms with E-state index >= 15 is 0 Å². The maximum Gasteiger partial charge on any atom is 0.308 e. The Morgan fingerprint density at radius 3 is 2.48 bits per heavy atom. The van der Waals surface area contributed by atoms with Gasteiger partial charge in [0.05, 0.1) is 16.3 Å². The number of hydrogen-bond donors (Lipinski definition) is 1. The molecule has 2 aromatic rings. The topological polar surface area (TPSA) is 110 Å². The Bertz CT molecular complexity index is 1060. The number of benzene rings is 2. The van der Waals surface area contributed by atoms with E-state index in [1.807, 2.05) is 30.3 Å². The number of nitrogens with one attached hydrogen (secondary N) is 1. The molecule has 1 aliphatic rings. The molecule has 1 N–H and O–H groups in total. The Morgan fingerprint density at radius 1 is 1.07 bits per heavy atom. The minimum atomic E-state index is -0.496. The van der Waals surface area contributed by atoms with Crippen LogP contribution in [0.3, 0.4) is 0 Å². The van der Waals surface area contributed by atoms with E-state index in [2.05, 4.69) is 20.5 Å². The SMILES string of the molecule is CC(=O)NC1=NC(=O)/C(=C/c2cc(N=Nc3ccccc3)ccc2OC(C)=O)S1. The summed E-state index contributed by atoms with van der Waals surface area (Å²) in [6.45, 7) is 2.61. The number of carbonyl (C=O) groups excluding carboxylic acids is 3. The van der Waals surface area contributed by atoms with Crippen molar-refractivity contribution >= 4 is 52.2 Å². The lowest BCUT2D eigenvalue weighted by Crippen LogP contribution is -2.23. The third kappa shape index (κ3) is 5.69. The lowest BCUT2D eigenvalue weighted by molar-refractivity contribution is -0.132. The third-order valence-corrected chi connectivity index (χ3v) is 4.37. The first-order valence-electron chi connectivity index (χ1n) is 8.50. The molecule has 29 heavy (non-hydrogen) atoms. The predicted molar refractivity (Wildman–Crippen MR) is 110 cm³/mol. The normalized spacial score (nSPS) is 14.9. The number of amidine groups is 1. The first-order chi connectivity index (χ1) is 13.9. The van der Waals surface area contributed by atoms with Gasteiger partial charge in [-0.1, -0.05) is 18.2 Å². The van der Waals surface area contributed by atoms with E-state index in [0.29, 0.717) is 16.9 Å². The van der Waals surface area contributed by atoms with Gasteiger partial charge in [0.2, 0.25) is 5.91 Å². The van der Waals surface area contributed by atoms with Crippen LogP contribution >= 0.6 is 11.8 Å². The summed E-state index contributed by atoms with van der Waals surface area (Å²) in [5.74, 6) is -1.05. The molecular weight excluding hydrogens is 392 g/mol.